The van der Waals surface area contributed by atoms with E-state index >= 15 is 0 Å². The molecule has 0 spiro atoms. The maximum atomic E-state index is 11.5. The third-order valence-corrected chi connectivity index (χ3v) is 5.10. The van der Waals surface area contributed by atoms with E-state index in [1.165, 1.54) is 12.8 Å². The van der Waals surface area contributed by atoms with E-state index in [1.54, 1.807) is 18.5 Å². The lowest BCUT2D eigenvalue weighted by Gasteiger charge is -2.10. The second kappa shape index (κ2) is 7.01. The Morgan fingerprint density at radius 3 is 2.86 bits per heavy atom. The second-order valence-electron chi connectivity index (χ2n) is 6.81. The van der Waals surface area contributed by atoms with Crippen LogP contribution in [-0.4, -0.2) is 33.0 Å². The first kappa shape index (κ1) is 17.4. The summed E-state index contributed by atoms with van der Waals surface area (Å²) in [4.78, 5) is 20.5. The summed E-state index contributed by atoms with van der Waals surface area (Å²) < 4.78 is 11.9. The Morgan fingerprint density at radius 2 is 2.03 bits per heavy atom. The Kier molecular flexibility index (Phi) is 4.20. The predicted molar refractivity (Wildman–Crippen MR) is 108 cm³/mol. The lowest BCUT2D eigenvalue weighted by Crippen LogP contribution is -2.07. The highest BCUT2D eigenvalue weighted by atomic mass is 16.7. The molecule has 0 saturated heterocycles. The predicted octanol–water partition coefficient (Wildman–Crippen LogP) is 4.25. The molecule has 5 rings (SSSR count). The normalized spacial score (nSPS) is 12.7. The van der Waals surface area contributed by atoms with Crippen LogP contribution in [0.1, 0.15) is 12.1 Å². The van der Waals surface area contributed by atoms with Crippen molar-refractivity contribution in [2.45, 2.75) is 19.4 Å². The van der Waals surface area contributed by atoms with Gasteiger partial charge in [-0.25, -0.2) is 4.79 Å². The first-order chi connectivity index (χ1) is 14.2. The number of benzene rings is 1. The van der Waals surface area contributed by atoms with Crippen LogP contribution >= 0.6 is 0 Å². The van der Waals surface area contributed by atoms with Crippen LogP contribution in [-0.2, 0) is 17.7 Å². The van der Waals surface area contributed by atoms with Crippen molar-refractivity contribution in [3.8, 4) is 28.3 Å². The van der Waals surface area contributed by atoms with E-state index in [0.717, 1.165) is 52.8 Å². The highest BCUT2D eigenvalue weighted by Crippen LogP contribution is 2.40. The van der Waals surface area contributed by atoms with Crippen LogP contribution in [0.25, 0.3) is 33.4 Å². The molecule has 0 atom stereocenters. The lowest BCUT2D eigenvalue weighted by molar-refractivity contribution is 0.121. The molecule has 29 heavy (non-hydrogen) atoms. The zero-order valence-electron chi connectivity index (χ0n) is 15.8. The van der Waals surface area contributed by atoms with Crippen LogP contribution in [0.3, 0.4) is 0 Å². The van der Waals surface area contributed by atoms with Gasteiger partial charge in [0.2, 0.25) is 0 Å². The average molecular weight is 386 g/mol. The van der Waals surface area contributed by atoms with Crippen molar-refractivity contribution < 1.29 is 14.3 Å². The number of aromatic nitrogens is 4. The quantitative estimate of drug-likeness (QED) is 0.387. The van der Waals surface area contributed by atoms with Crippen molar-refractivity contribution in [3.05, 3.63) is 60.6 Å². The third-order valence-electron chi connectivity index (χ3n) is 5.10. The number of hydrogen-bond donors (Lipinski definition) is 0. The molecule has 1 aliphatic heterocycles. The van der Waals surface area contributed by atoms with Gasteiger partial charge in [0.1, 0.15) is 11.4 Å². The Balaban J connectivity index is 1.74. The van der Waals surface area contributed by atoms with Gasteiger partial charge in [-0.2, -0.15) is 5.10 Å². The number of fused-ring (bicyclic) bond motifs is 2. The summed E-state index contributed by atoms with van der Waals surface area (Å²) in [7, 11) is 1.28. The molecule has 4 heterocycles. The summed E-state index contributed by atoms with van der Waals surface area (Å²) in [5.41, 5.74) is 5.74. The molecule has 0 bridgehead atoms. The average Bonchev–Trinajstić information content (AvgIpc) is 3.35. The first-order valence-electron chi connectivity index (χ1n) is 9.40. The first-order valence-corrected chi connectivity index (χ1v) is 9.40. The van der Waals surface area contributed by atoms with Crippen molar-refractivity contribution in [2.24, 2.45) is 0 Å². The topological polar surface area (TPSA) is 79.1 Å². The minimum absolute atomic E-state index is 0.404. The van der Waals surface area contributed by atoms with E-state index in [9.17, 15) is 4.79 Å². The Morgan fingerprint density at radius 1 is 1.10 bits per heavy atom. The monoisotopic (exact) mass is 386 g/mol. The highest BCUT2D eigenvalue weighted by molar-refractivity contribution is 5.99. The van der Waals surface area contributed by atoms with Gasteiger partial charge in [-0.05, 0) is 54.8 Å². The van der Waals surface area contributed by atoms with Gasteiger partial charge in [-0.3, -0.25) is 14.6 Å². The number of methoxy groups -OCH3 is 1. The largest absolute Gasteiger partial charge is 0.513 e. The van der Waals surface area contributed by atoms with Crippen molar-refractivity contribution >= 4 is 17.1 Å². The fourth-order valence-electron chi connectivity index (χ4n) is 3.84. The molecule has 0 aliphatic carbocycles. The molecule has 7 nitrogen and oxygen atoms in total. The smallest absolute Gasteiger partial charge is 0.437 e. The van der Waals surface area contributed by atoms with Gasteiger partial charge in [-0.1, -0.05) is 6.07 Å². The van der Waals surface area contributed by atoms with Crippen molar-refractivity contribution in [2.75, 3.05) is 7.11 Å². The molecule has 3 aromatic heterocycles. The lowest BCUT2D eigenvalue weighted by atomic mass is 9.96. The minimum Gasteiger partial charge on any atom is -0.437 e. The Hall–Kier alpha value is -3.74. The van der Waals surface area contributed by atoms with E-state index in [-0.39, 0.29) is 0 Å². The molecule has 0 radical (unpaired) electrons. The number of hydrogen-bond acceptors (Lipinski definition) is 6. The summed E-state index contributed by atoms with van der Waals surface area (Å²) in [6.07, 6.45) is 4.83. The molecule has 0 N–H and O–H groups in total. The van der Waals surface area contributed by atoms with Gasteiger partial charge in [-0.15, -0.1) is 0 Å². The molecule has 0 amide bonds. The van der Waals surface area contributed by atoms with E-state index in [1.807, 2.05) is 36.4 Å². The fourth-order valence-corrected chi connectivity index (χ4v) is 3.84. The number of pyridine rings is 2. The maximum Gasteiger partial charge on any atom is 0.513 e. The highest BCUT2D eigenvalue weighted by Gasteiger charge is 2.25. The van der Waals surface area contributed by atoms with Gasteiger partial charge < -0.3 is 9.47 Å². The Bertz CT molecular complexity index is 1220. The standard InChI is InChI=1S/C22H18N4O3/c1-28-22(27)29-14-7-8-17-16(13-14)15(9-11-24-17)20-19-6-4-12-26(19)25-21(20)18-5-2-3-10-23-18/h2-3,5,7-11,13H,4,6,12H2,1H3. The van der Waals surface area contributed by atoms with Gasteiger partial charge >= 0.3 is 6.16 Å². The fraction of sp³-hybridized carbons (Fsp3) is 0.182. The van der Waals surface area contributed by atoms with Gasteiger partial charge in [0.15, 0.2) is 0 Å². The van der Waals surface area contributed by atoms with Gasteiger partial charge in [0.05, 0.1) is 18.3 Å². The number of nitrogens with zero attached hydrogens (tertiary/aromatic N) is 4. The SMILES string of the molecule is COC(=O)Oc1ccc2nccc(-c3c(-c4ccccn4)nn4c3CCC4)c2c1. The molecule has 0 unspecified atom stereocenters. The van der Waals surface area contributed by atoms with Crippen LogP contribution in [0.4, 0.5) is 4.79 Å². The van der Waals surface area contributed by atoms with Gasteiger partial charge in [0.25, 0.3) is 0 Å². The number of aryl methyl sites for hydroxylation is 1. The van der Waals surface area contributed by atoms with Crippen LogP contribution in [0.15, 0.2) is 54.9 Å². The van der Waals surface area contributed by atoms with Crippen LogP contribution < -0.4 is 4.74 Å². The second-order valence-corrected chi connectivity index (χ2v) is 6.81. The molecule has 7 heteroatoms. The summed E-state index contributed by atoms with van der Waals surface area (Å²) in [6.45, 7) is 0.898. The minimum atomic E-state index is -0.754. The van der Waals surface area contributed by atoms with Crippen molar-refractivity contribution in [3.63, 3.8) is 0 Å². The van der Waals surface area contributed by atoms with E-state index in [0.29, 0.717) is 5.75 Å². The maximum absolute atomic E-state index is 11.5. The zero-order chi connectivity index (χ0) is 19.8. The number of ether oxygens (including phenoxy) is 2. The van der Waals surface area contributed by atoms with Gasteiger partial charge in [0, 0.05) is 35.6 Å². The molecule has 1 aromatic carbocycles. The molecule has 4 aromatic rings. The van der Waals surface area contributed by atoms with Crippen molar-refractivity contribution in [1.29, 1.82) is 0 Å². The number of carbonyl (C=O) groups excluding carboxylic acids is 1. The molecule has 144 valence electrons. The summed E-state index contributed by atoms with van der Waals surface area (Å²) in [5, 5.41) is 5.74. The molecule has 1 aliphatic rings. The molecule has 0 fully saturated rings. The zero-order valence-corrected chi connectivity index (χ0v) is 15.8. The number of rotatable bonds is 3. The van der Waals surface area contributed by atoms with E-state index in [2.05, 4.69) is 19.4 Å². The number of carbonyl (C=O) groups is 1. The molecule has 0 saturated carbocycles. The summed E-state index contributed by atoms with van der Waals surface area (Å²) >= 11 is 0. The summed E-state index contributed by atoms with van der Waals surface area (Å²) in [5.74, 6) is 0.404. The molecular weight excluding hydrogens is 368 g/mol. The summed E-state index contributed by atoms with van der Waals surface area (Å²) in [6, 6.07) is 13.2. The van der Waals surface area contributed by atoms with E-state index < -0.39 is 6.16 Å². The van der Waals surface area contributed by atoms with Crippen LogP contribution in [0, 0.1) is 0 Å². The Labute approximate surface area is 166 Å². The van der Waals surface area contributed by atoms with Crippen LogP contribution in [0.2, 0.25) is 0 Å². The van der Waals surface area contributed by atoms with Crippen molar-refractivity contribution in [1.82, 2.24) is 19.7 Å². The van der Waals surface area contributed by atoms with Crippen LogP contribution in [0.5, 0.6) is 5.75 Å². The third kappa shape index (κ3) is 3.00. The van der Waals surface area contributed by atoms with E-state index in [4.69, 9.17) is 9.84 Å². The molecular formula is C22H18N4O3.